The van der Waals surface area contributed by atoms with Crippen LogP contribution in [0.5, 0.6) is 5.75 Å². The molecular formula is C18H14INO2. The molecule has 3 aromatic rings. The largest absolute Gasteiger partial charge is 0.869 e. The summed E-state index contributed by atoms with van der Waals surface area (Å²) >= 11 is -0.744. The van der Waals surface area contributed by atoms with Gasteiger partial charge < -0.3 is 9.67 Å². The fraction of sp³-hybridized carbons (Fsp3) is 0.167. The summed E-state index contributed by atoms with van der Waals surface area (Å²) in [5, 5.41) is 13.5. The van der Waals surface area contributed by atoms with E-state index in [9.17, 15) is 9.90 Å². The number of pyridine rings is 1. The SMILES string of the molecule is O=c1c([I+]c2ccccc2)c([O-])c2cccc3c2n1CCC3. The van der Waals surface area contributed by atoms with Crippen LogP contribution in [0.2, 0.25) is 0 Å². The molecule has 4 heteroatoms. The van der Waals surface area contributed by atoms with E-state index in [2.05, 4.69) is 0 Å². The van der Waals surface area contributed by atoms with Gasteiger partial charge in [-0.3, -0.25) is 4.79 Å². The molecule has 22 heavy (non-hydrogen) atoms. The molecule has 0 amide bonds. The van der Waals surface area contributed by atoms with Crippen LogP contribution < -0.4 is 31.9 Å². The van der Waals surface area contributed by atoms with Crippen LogP contribution in [0, 0.1) is 7.14 Å². The molecule has 0 saturated heterocycles. The van der Waals surface area contributed by atoms with Crippen LogP contribution in [0.3, 0.4) is 0 Å². The van der Waals surface area contributed by atoms with Crippen LogP contribution in [0.15, 0.2) is 53.3 Å². The highest BCUT2D eigenvalue weighted by Gasteiger charge is 2.26. The van der Waals surface area contributed by atoms with Crippen molar-refractivity contribution in [2.24, 2.45) is 0 Å². The first-order chi connectivity index (χ1) is 10.8. The van der Waals surface area contributed by atoms with Gasteiger partial charge in [0.25, 0.3) is 3.57 Å². The number of hydrogen-bond donors (Lipinski definition) is 0. The molecule has 1 aliphatic rings. The van der Waals surface area contributed by atoms with Gasteiger partial charge in [-0.05, 0) is 41.7 Å². The summed E-state index contributed by atoms with van der Waals surface area (Å²) in [5.74, 6) is -0.0587. The van der Waals surface area contributed by atoms with Crippen LogP contribution in [0.4, 0.5) is 0 Å². The van der Waals surface area contributed by atoms with Gasteiger partial charge in [0, 0.05) is 6.54 Å². The summed E-state index contributed by atoms with van der Waals surface area (Å²) in [4.78, 5) is 12.8. The zero-order chi connectivity index (χ0) is 15.1. The Kier molecular flexibility index (Phi) is 3.41. The molecule has 1 aromatic heterocycles. The van der Waals surface area contributed by atoms with Gasteiger partial charge in [0.2, 0.25) is 0 Å². The lowest BCUT2D eigenvalue weighted by Gasteiger charge is -2.22. The summed E-state index contributed by atoms with van der Waals surface area (Å²) < 4.78 is 3.43. The van der Waals surface area contributed by atoms with Crippen molar-refractivity contribution < 1.29 is 26.3 Å². The molecular weight excluding hydrogens is 389 g/mol. The third-order valence-electron chi connectivity index (χ3n) is 4.03. The summed E-state index contributed by atoms with van der Waals surface area (Å²) in [7, 11) is 0. The van der Waals surface area contributed by atoms with Gasteiger partial charge in [0.15, 0.2) is 3.57 Å². The normalized spacial score (nSPS) is 13.5. The zero-order valence-corrected chi connectivity index (χ0v) is 14.0. The minimum absolute atomic E-state index is 0.0587. The maximum atomic E-state index is 12.8. The second-order valence-electron chi connectivity index (χ2n) is 5.41. The molecule has 0 N–H and O–H groups in total. The molecule has 0 saturated carbocycles. The van der Waals surface area contributed by atoms with Gasteiger partial charge in [0.05, 0.1) is 5.52 Å². The van der Waals surface area contributed by atoms with Crippen molar-refractivity contribution in [3.8, 4) is 5.75 Å². The number of benzene rings is 2. The van der Waals surface area contributed by atoms with Gasteiger partial charge in [-0.25, -0.2) is 0 Å². The van der Waals surface area contributed by atoms with Gasteiger partial charge in [-0.1, -0.05) is 36.4 Å². The van der Waals surface area contributed by atoms with E-state index in [-0.39, 0.29) is 11.3 Å². The number of rotatable bonds is 2. The van der Waals surface area contributed by atoms with E-state index in [1.54, 1.807) is 0 Å². The summed E-state index contributed by atoms with van der Waals surface area (Å²) in [6.07, 6.45) is 1.91. The molecule has 4 rings (SSSR count). The Morgan fingerprint density at radius 3 is 2.68 bits per heavy atom. The summed E-state index contributed by atoms with van der Waals surface area (Å²) in [6.45, 7) is 0.720. The number of aryl methyl sites for hydroxylation is 2. The number of hydrogen-bond acceptors (Lipinski definition) is 2. The Balaban J connectivity index is 1.99. The van der Waals surface area contributed by atoms with E-state index in [0.29, 0.717) is 8.96 Å². The number of nitrogens with zero attached hydrogens (tertiary/aromatic N) is 1. The van der Waals surface area contributed by atoms with E-state index in [1.165, 1.54) is 0 Å². The standard InChI is InChI=1S/C18H14INO2/c21-17-14-10-4-6-12-7-5-11-20(16(12)14)18(22)15(17)19-13-8-2-1-3-9-13/h1-4,6,8-10H,5,7,11H2. The van der Waals surface area contributed by atoms with Crippen molar-refractivity contribution in [3.63, 3.8) is 0 Å². The fourth-order valence-corrected chi connectivity index (χ4v) is 5.50. The van der Waals surface area contributed by atoms with Crippen molar-refractivity contribution in [2.45, 2.75) is 19.4 Å². The lowest BCUT2D eigenvalue weighted by atomic mass is 10.0. The Bertz CT molecular complexity index is 916. The van der Waals surface area contributed by atoms with E-state index >= 15 is 0 Å². The average molecular weight is 403 g/mol. The predicted octanol–water partition coefficient (Wildman–Crippen LogP) is -0.850. The van der Waals surface area contributed by atoms with E-state index in [4.69, 9.17) is 0 Å². The van der Waals surface area contributed by atoms with E-state index in [1.807, 2.05) is 53.1 Å². The smallest absolute Gasteiger partial charge is 0.363 e. The van der Waals surface area contributed by atoms with Crippen LogP contribution in [-0.2, 0) is 13.0 Å². The molecule has 2 aromatic carbocycles. The molecule has 110 valence electrons. The van der Waals surface area contributed by atoms with Crippen molar-refractivity contribution in [1.29, 1.82) is 0 Å². The van der Waals surface area contributed by atoms with Crippen molar-refractivity contribution >= 4 is 10.9 Å². The predicted molar refractivity (Wildman–Crippen MR) is 79.8 cm³/mol. The van der Waals surface area contributed by atoms with Crippen LogP contribution >= 0.6 is 0 Å². The molecule has 0 fully saturated rings. The van der Waals surface area contributed by atoms with Gasteiger partial charge >= 0.3 is 26.8 Å². The third-order valence-corrected chi connectivity index (χ3v) is 6.86. The topological polar surface area (TPSA) is 45.1 Å². The lowest BCUT2D eigenvalue weighted by molar-refractivity contribution is -0.605. The minimum Gasteiger partial charge on any atom is -0.869 e. The molecule has 3 nitrogen and oxygen atoms in total. The second kappa shape index (κ2) is 5.43. The van der Waals surface area contributed by atoms with Crippen LogP contribution in [0.1, 0.15) is 12.0 Å². The summed E-state index contributed by atoms with van der Waals surface area (Å²) in [6, 6.07) is 15.7. The Labute approximate surface area is 138 Å². The number of aromatic nitrogens is 1. The Hall–Kier alpha value is -1.82. The molecule has 0 bridgehead atoms. The molecule has 0 unspecified atom stereocenters. The Morgan fingerprint density at radius 1 is 1.05 bits per heavy atom. The third kappa shape index (κ3) is 2.13. The lowest BCUT2D eigenvalue weighted by Crippen LogP contribution is -3.62. The fourth-order valence-electron chi connectivity index (χ4n) is 3.04. The zero-order valence-electron chi connectivity index (χ0n) is 11.9. The first kappa shape index (κ1) is 13.8. The molecule has 1 aliphatic heterocycles. The maximum Gasteiger partial charge on any atom is 0.363 e. The van der Waals surface area contributed by atoms with Gasteiger partial charge in [-0.2, -0.15) is 0 Å². The average Bonchev–Trinajstić information content (AvgIpc) is 2.57. The number of halogens is 1. The minimum atomic E-state index is -0.744. The molecule has 0 aliphatic carbocycles. The van der Waals surface area contributed by atoms with Crippen molar-refractivity contribution in [2.75, 3.05) is 0 Å². The molecule has 0 atom stereocenters. The highest BCUT2D eigenvalue weighted by molar-refractivity contribution is 5.87. The first-order valence-corrected chi connectivity index (χ1v) is 9.47. The number of para-hydroxylation sites is 1. The Morgan fingerprint density at radius 2 is 1.86 bits per heavy atom. The van der Waals surface area contributed by atoms with Crippen LogP contribution in [-0.4, -0.2) is 4.57 Å². The van der Waals surface area contributed by atoms with Gasteiger partial charge in [0.1, 0.15) is 0 Å². The highest BCUT2D eigenvalue weighted by atomic mass is 127. The van der Waals surface area contributed by atoms with Crippen molar-refractivity contribution in [3.05, 3.63) is 71.6 Å². The van der Waals surface area contributed by atoms with E-state index < -0.39 is 21.2 Å². The van der Waals surface area contributed by atoms with Crippen molar-refractivity contribution in [1.82, 2.24) is 4.57 Å². The van der Waals surface area contributed by atoms with Crippen LogP contribution in [0.25, 0.3) is 10.9 Å². The quantitative estimate of drug-likeness (QED) is 0.524. The van der Waals surface area contributed by atoms with Gasteiger partial charge in [-0.15, -0.1) is 0 Å². The molecule has 0 radical (unpaired) electrons. The molecule has 2 heterocycles. The first-order valence-electron chi connectivity index (χ1n) is 7.31. The highest BCUT2D eigenvalue weighted by Crippen LogP contribution is 2.27. The molecule has 0 spiro atoms. The summed E-state index contributed by atoms with van der Waals surface area (Å²) in [5.41, 5.74) is 1.92. The maximum absolute atomic E-state index is 12.8. The monoisotopic (exact) mass is 403 g/mol. The van der Waals surface area contributed by atoms with E-state index in [0.717, 1.165) is 34.0 Å². The second-order valence-corrected chi connectivity index (χ2v) is 8.27.